The number of piperazine rings is 1. The minimum atomic E-state index is -0.137. The molecule has 0 saturated carbocycles. The third-order valence-corrected chi connectivity index (χ3v) is 5.14. The van der Waals surface area contributed by atoms with Crippen LogP contribution in [0.2, 0.25) is 0 Å². The van der Waals surface area contributed by atoms with Crippen LogP contribution in [0.15, 0.2) is 24.3 Å². The van der Waals surface area contributed by atoms with E-state index in [1.807, 2.05) is 12.1 Å². The molecule has 2 fully saturated rings. The molecule has 2 aliphatic rings. The number of benzene rings is 1. The van der Waals surface area contributed by atoms with Crippen LogP contribution in [-0.2, 0) is 11.3 Å². The molecule has 4 nitrogen and oxygen atoms in total. The lowest BCUT2D eigenvalue weighted by atomic mass is 10.0. The quantitative estimate of drug-likeness (QED) is 0.898. The summed E-state index contributed by atoms with van der Waals surface area (Å²) in [5, 5.41) is 9.41. The molecule has 0 amide bonds. The van der Waals surface area contributed by atoms with Gasteiger partial charge in [-0.15, -0.1) is 0 Å². The number of rotatable bonds is 5. The molecule has 1 aromatic rings. The van der Waals surface area contributed by atoms with E-state index < -0.39 is 0 Å². The lowest BCUT2D eigenvalue weighted by Crippen LogP contribution is -2.56. The highest BCUT2D eigenvalue weighted by Crippen LogP contribution is 2.22. The van der Waals surface area contributed by atoms with Gasteiger partial charge in [0, 0.05) is 63.6 Å². The van der Waals surface area contributed by atoms with Crippen LogP contribution < -0.4 is 0 Å². The molecule has 0 spiro atoms. The molecule has 23 heavy (non-hydrogen) atoms. The fourth-order valence-corrected chi connectivity index (χ4v) is 3.78. The Morgan fingerprint density at radius 2 is 1.96 bits per heavy atom. The number of hydrogen-bond donors (Lipinski definition) is 1. The molecule has 1 atom stereocenters. The molecule has 1 aromatic carbocycles. The zero-order valence-electron chi connectivity index (χ0n) is 13.7. The Labute approximate surface area is 137 Å². The summed E-state index contributed by atoms with van der Waals surface area (Å²) in [5.41, 5.74) is 0.745. The largest absolute Gasteiger partial charge is 0.396 e. The summed E-state index contributed by atoms with van der Waals surface area (Å²) < 4.78 is 19.4. The van der Waals surface area contributed by atoms with Gasteiger partial charge in [-0.2, -0.15) is 0 Å². The maximum absolute atomic E-state index is 13.9. The van der Waals surface area contributed by atoms with Gasteiger partial charge in [0.25, 0.3) is 0 Å². The maximum atomic E-state index is 13.9. The lowest BCUT2D eigenvalue weighted by Gasteiger charge is -2.45. The van der Waals surface area contributed by atoms with Crippen LogP contribution in [0.25, 0.3) is 0 Å². The number of aliphatic hydroxyl groups excluding tert-OH is 1. The fourth-order valence-electron chi connectivity index (χ4n) is 3.78. The highest BCUT2D eigenvalue weighted by molar-refractivity contribution is 5.17. The maximum Gasteiger partial charge on any atom is 0.127 e. The topological polar surface area (TPSA) is 35.9 Å². The van der Waals surface area contributed by atoms with Gasteiger partial charge in [-0.3, -0.25) is 9.80 Å². The Morgan fingerprint density at radius 3 is 2.70 bits per heavy atom. The second-order valence-electron chi connectivity index (χ2n) is 6.57. The first-order chi connectivity index (χ1) is 11.3. The molecule has 0 bridgehead atoms. The fraction of sp³-hybridized carbons (Fsp3) is 0.667. The van der Waals surface area contributed by atoms with Crippen LogP contribution in [0.3, 0.4) is 0 Å². The average Bonchev–Trinajstić information content (AvgIpc) is 2.59. The highest BCUT2D eigenvalue weighted by atomic mass is 19.1. The Kier molecular flexibility index (Phi) is 6.00. The first-order valence-electron chi connectivity index (χ1n) is 8.68. The second kappa shape index (κ2) is 8.20. The summed E-state index contributed by atoms with van der Waals surface area (Å²) in [5.74, 6) is -0.137. The van der Waals surface area contributed by atoms with Gasteiger partial charge in [-0.05, 0) is 25.3 Å². The standard InChI is InChI=1S/C18H27FN2O2/c19-18-4-2-1-3-15(18)13-20-8-9-21(14-17(20)5-10-22)16-6-11-23-12-7-16/h1-4,16-17,22H,5-14H2. The van der Waals surface area contributed by atoms with Gasteiger partial charge in [-0.1, -0.05) is 18.2 Å². The molecule has 0 aromatic heterocycles. The molecule has 2 aliphatic heterocycles. The molecular formula is C18H27FN2O2. The van der Waals surface area contributed by atoms with Crippen molar-refractivity contribution in [3.8, 4) is 0 Å². The van der Waals surface area contributed by atoms with Crippen molar-refractivity contribution in [1.29, 1.82) is 0 Å². The molecule has 3 rings (SSSR count). The van der Waals surface area contributed by atoms with E-state index >= 15 is 0 Å². The van der Waals surface area contributed by atoms with Crippen LogP contribution in [-0.4, -0.2) is 66.4 Å². The third kappa shape index (κ3) is 4.29. The zero-order valence-corrected chi connectivity index (χ0v) is 13.7. The second-order valence-corrected chi connectivity index (χ2v) is 6.57. The smallest absolute Gasteiger partial charge is 0.127 e. The SMILES string of the molecule is OCCC1CN(C2CCOCC2)CCN1Cc1ccccc1F. The molecule has 0 aliphatic carbocycles. The van der Waals surface area contributed by atoms with E-state index in [-0.39, 0.29) is 18.5 Å². The molecule has 5 heteroatoms. The Morgan fingerprint density at radius 1 is 1.17 bits per heavy atom. The molecule has 1 unspecified atom stereocenters. The number of halogens is 1. The normalized spacial score (nSPS) is 24.9. The minimum Gasteiger partial charge on any atom is -0.396 e. The summed E-state index contributed by atoms with van der Waals surface area (Å²) >= 11 is 0. The van der Waals surface area contributed by atoms with Gasteiger partial charge in [-0.25, -0.2) is 4.39 Å². The zero-order chi connectivity index (χ0) is 16.1. The molecule has 128 valence electrons. The van der Waals surface area contributed by atoms with Crippen LogP contribution in [0, 0.1) is 5.82 Å². The van der Waals surface area contributed by atoms with E-state index in [4.69, 9.17) is 4.74 Å². The van der Waals surface area contributed by atoms with Crippen molar-refractivity contribution in [3.63, 3.8) is 0 Å². The summed E-state index contributed by atoms with van der Waals surface area (Å²) in [6, 6.07) is 7.88. The molecule has 2 heterocycles. The van der Waals surface area contributed by atoms with Crippen molar-refractivity contribution >= 4 is 0 Å². The number of aliphatic hydroxyl groups is 1. The van der Waals surface area contributed by atoms with Gasteiger partial charge < -0.3 is 9.84 Å². The Bertz CT molecular complexity index is 494. The van der Waals surface area contributed by atoms with E-state index in [1.165, 1.54) is 6.07 Å². The summed E-state index contributed by atoms with van der Waals surface area (Å²) in [6.45, 7) is 5.41. The van der Waals surface area contributed by atoms with Gasteiger partial charge >= 0.3 is 0 Å². The molecule has 2 saturated heterocycles. The molecule has 1 N–H and O–H groups in total. The van der Waals surface area contributed by atoms with Crippen LogP contribution in [0.4, 0.5) is 4.39 Å². The Balaban J connectivity index is 1.63. The average molecular weight is 322 g/mol. The van der Waals surface area contributed by atoms with Crippen molar-refractivity contribution in [2.75, 3.05) is 39.5 Å². The van der Waals surface area contributed by atoms with E-state index in [9.17, 15) is 9.50 Å². The van der Waals surface area contributed by atoms with Crippen molar-refractivity contribution in [1.82, 2.24) is 9.80 Å². The summed E-state index contributed by atoms with van der Waals surface area (Å²) in [7, 11) is 0. The van der Waals surface area contributed by atoms with Crippen molar-refractivity contribution < 1.29 is 14.2 Å². The minimum absolute atomic E-state index is 0.137. The van der Waals surface area contributed by atoms with Crippen LogP contribution in [0.5, 0.6) is 0 Å². The van der Waals surface area contributed by atoms with E-state index in [0.29, 0.717) is 12.6 Å². The monoisotopic (exact) mass is 322 g/mol. The van der Waals surface area contributed by atoms with E-state index in [1.54, 1.807) is 6.07 Å². The van der Waals surface area contributed by atoms with Crippen molar-refractivity contribution in [2.24, 2.45) is 0 Å². The van der Waals surface area contributed by atoms with E-state index in [2.05, 4.69) is 9.80 Å². The predicted molar refractivity (Wildman–Crippen MR) is 87.7 cm³/mol. The Hall–Kier alpha value is -1.01. The first-order valence-corrected chi connectivity index (χ1v) is 8.68. The van der Waals surface area contributed by atoms with Crippen LogP contribution >= 0.6 is 0 Å². The van der Waals surface area contributed by atoms with Crippen molar-refractivity contribution in [2.45, 2.75) is 37.9 Å². The first kappa shape index (κ1) is 16.8. The molecule has 0 radical (unpaired) electrons. The lowest BCUT2D eigenvalue weighted by molar-refractivity contribution is -0.0119. The van der Waals surface area contributed by atoms with E-state index in [0.717, 1.165) is 57.7 Å². The van der Waals surface area contributed by atoms with Gasteiger partial charge in [0.2, 0.25) is 0 Å². The predicted octanol–water partition coefficient (Wildman–Crippen LogP) is 1.87. The summed E-state index contributed by atoms with van der Waals surface area (Å²) in [6.07, 6.45) is 2.94. The highest BCUT2D eigenvalue weighted by Gasteiger charge is 2.31. The van der Waals surface area contributed by atoms with Gasteiger partial charge in [0.1, 0.15) is 5.82 Å². The number of ether oxygens (including phenoxy) is 1. The molecular weight excluding hydrogens is 295 g/mol. The van der Waals surface area contributed by atoms with Gasteiger partial charge in [0.15, 0.2) is 0 Å². The van der Waals surface area contributed by atoms with Crippen LogP contribution in [0.1, 0.15) is 24.8 Å². The van der Waals surface area contributed by atoms with Crippen molar-refractivity contribution in [3.05, 3.63) is 35.6 Å². The van der Waals surface area contributed by atoms with Gasteiger partial charge in [0.05, 0.1) is 0 Å². The number of nitrogens with zero attached hydrogens (tertiary/aromatic N) is 2. The number of hydrogen-bond acceptors (Lipinski definition) is 4. The summed E-state index contributed by atoms with van der Waals surface area (Å²) in [4.78, 5) is 4.87. The third-order valence-electron chi connectivity index (χ3n) is 5.14.